The van der Waals surface area contributed by atoms with Crippen LogP contribution < -0.4 is 4.90 Å². The van der Waals surface area contributed by atoms with E-state index in [-0.39, 0.29) is 17.2 Å². The van der Waals surface area contributed by atoms with Crippen molar-refractivity contribution in [3.8, 4) is 0 Å². The van der Waals surface area contributed by atoms with Crippen LogP contribution in [0.25, 0.3) is 11.0 Å². The summed E-state index contributed by atoms with van der Waals surface area (Å²) in [6.45, 7) is 5.33. The lowest BCUT2D eigenvalue weighted by atomic mass is 10.1. The van der Waals surface area contributed by atoms with Crippen molar-refractivity contribution < 1.29 is 18.0 Å². The Morgan fingerprint density at radius 2 is 1.50 bits per heavy atom. The Bertz CT molecular complexity index is 1110. The molecule has 6 nitrogen and oxygen atoms in total. The fourth-order valence-corrected chi connectivity index (χ4v) is 3.62. The Balaban J connectivity index is 1.48. The lowest BCUT2D eigenvalue weighted by molar-refractivity contribution is -0.141. The molecule has 0 atom stereocenters. The van der Waals surface area contributed by atoms with E-state index in [0.717, 1.165) is 28.6 Å². The fourth-order valence-electron chi connectivity index (χ4n) is 3.62. The second-order valence-corrected chi connectivity index (χ2v) is 7.23. The van der Waals surface area contributed by atoms with Gasteiger partial charge in [0.1, 0.15) is 5.69 Å². The van der Waals surface area contributed by atoms with Gasteiger partial charge in [-0.1, -0.05) is 12.1 Å². The standard InChI is InChI=1S/C21H20F3N5O/c1-13-15(7-8-18(26-13)21(22,23)24)20(30)29-11-9-28(10-12-29)19-14(2)25-16-5-3-4-6-17(16)27-19/h3-8H,9-12H2,1-2H3. The van der Waals surface area contributed by atoms with Crippen LogP contribution in [-0.2, 0) is 6.18 Å². The van der Waals surface area contributed by atoms with Crippen molar-refractivity contribution in [1.29, 1.82) is 0 Å². The SMILES string of the molecule is Cc1nc(C(F)(F)F)ccc1C(=O)N1CCN(c2nc3ccccc3nc2C)CC1. The molecule has 0 unspecified atom stereocenters. The molecule has 1 saturated heterocycles. The van der Waals surface area contributed by atoms with Crippen molar-refractivity contribution >= 4 is 22.8 Å². The minimum atomic E-state index is -4.53. The van der Waals surface area contributed by atoms with Gasteiger partial charge in [0, 0.05) is 26.2 Å². The summed E-state index contributed by atoms with van der Waals surface area (Å²) in [4.78, 5) is 29.4. The lowest BCUT2D eigenvalue weighted by Crippen LogP contribution is -2.49. The molecule has 9 heteroatoms. The Hall–Kier alpha value is -3.23. The van der Waals surface area contributed by atoms with Gasteiger partial charge in [-0.25, -0.2) is 15.0 Å². The molecule has 4 rings (SSSR count). The van der Waals surface area contributed by atoms with E-state index in [4.69, 9.17) is 4.98 Å². The number of halogens is 3. The van der Waals surface area contributed by atoms with Crippen molar-refractivity contribution in [2.45, 2.75) is 20.0 Å². The van der Waals surface area contributed by atoms with E-state index in [1.807, 2.05) is 31.2 Å². The number of hydrogen-bond acceptors (Lipinski definition) is 5. The monoisotopic (exact) mass is 415 g/mol. The highest BCUT2D eigenvalue weighted by molar-refractivity contribution is 5.95. The lowest BCUT2D eigenvalue weighted by Gasteiger charge is -2.36. The molecule has 0 bridgehead atoms. The van der Waals surface area contributed by atoms with Gasteiger partial charge in [0.05, 0.1) is 28.0 Å². The Kier molecular flexibility index (Phi) is 5.05. The van der Waals surface area contributed by atoms with Crippen LogP contribution in [0, 0.1) is 13.8 Å². The molecule has 3 heterocycles. The van der Waals surface area contributed by atoms with E-state index in [1.54, 1.807) is 4.90 Å². The molecule has 1 aliphatic rings. The first kappa shape index (κ1) is 20.1. The summed E-state index contributed by atoms with van der Waals surface area (Å²) in [5.41, 5.74) is 1.73. The van der Waals surface area contributed by atoms with Gasteiger partial charge in [-0.15, -0.1) is 0 Å². The summed E-state index contributed by atoms with van der Waals surface area (Å²) >= 11 is 0. The van der Waals surface area contributed by atoms with Crippen LogP contribution in [0.4, 0.5) is 19.0 Å². The van der Waals surface area contributed by atoms with E-state index in [2.05, 4.69) is 14.9 Å². The molecular formula is C21H20F3N5O. The first-order valence-corrected chi connectivity index (χ1v) is 9.56. The molecule has 0 radical (unpaired) electrons. The second kappa shape index (κ2) is 7.55. The van der Waals surface area contributed by atoms with Gasteiger partial charge in [0.15, 0.2) is 5.82 Å². The van der Waals surface area contributed by atoms with Crippen molar-refractivity contribution in [2.75, 3.05) is 31.1 Å². The van der Waals surface area contributed by atoms with Gasteiger partial charge in [0.25, 0.3) is 5.91 Å². The molecule has 0 aliphatic carbocycles. The number of hydrogen-bond donors (Lipinski definition) is 0. The smallest absolute Gasteiger partial charge is 0.352 e. The number of amides is 1. The third-order valence-electron chi connectivity index (χ3n) is 5.19. The number of rotatable bonds is 2. The number of fused-ring (bicyclic) bond motifs is 1. The largest absolute Gasteiger partial charge is 0.433 e. The predicted octanol–water partition coefficient (Wildman–Crippen LogP) is 3.62. The van der Waals surface area contributed by atoms with Gasteiger partial charge >= 0.3 is 6.18 Å². The van der Waals surface area contributed by atoms with Crippen LogP contribution in [-0.4, -0.2) is 51.9 Å². The van der Waals surface area contributed by atoms with Gasteiger partial charge in [0.2, 0.25) is 0 Å². The third-order valence-corrected chi connectivity index (χ3v) is 5.19. The van der Waals surface area contributed by atoms with Gasteiger partial charge < -0.3 is 9.80 Å². The van der Waals surface area contributed by atoms with Crippen LogP contribution in [0.3, 0.4) is 0 Å². The van der Waals surface area contributed by atoms with Crippen molar-refractivity contribution in [3.05, 3.63) is 59.0 Å². The average molecular weight is 415 g/mol. The van der Waals surface area contributed by atoms with Crippen LogP contribution in [0.5, 0.6) is 0 Å². The quantitative estimate of drug-likeness (QED) is 0.640. The molecular weight excluding hydrogens is 395 g/mol. The number of anilines is 1. The van der Waals surface area contributed by atoms with Crippen molar-refractivity contribution in [3.63, 3.8) is 0 Å². The van der Waals surface area contributed by atoms with Gasteiger partial charge in [-0.3, -0.25) is 4.79 Å². The summed E-state index contributed by atoms with van der Waals surface area (Å²) in [6.07, 6.45) is -4.53. The fraction of sp³-hybridized carbons (Fsp3) is 0.333. The molecule has 0 saturated carbocycles. The number of piperazine rings is 1. The maximum absolute atomic E-state index is 12.8. The number of carbonyl (C=O) groups is 1. The number of alkyl halides is 3. The van der Waals surface area contributed by atoms with Crippen molar-refractivity contribution in [1.82, 2.24) is 19.9 Å². The van der Waals surface area contributed by atoms with E-state index >= 15 is 0 Å². The summed E-state index contributed by atoms with van der Waals surface area (Å²) in [5.74, 6) is 0.475. The number of pyridine rings is 1. The number of nitrogens with zero attached hydrogens (tertiary/aromatic N) is 5. The van der Waals surface area contributed by atoms with E-state index in [9.17, 15) is 18.0 Å². The average Bonchev–Trinajstić information content (AvgIpc) is 2.72. The minimum Gasteiger partial charge on any atom is -0.352 e. The Labute approximate surface area is 171 Å². The molecule has 3 aromatic rings. The van der Waals surface area contributed by atoms with Crippen LogP contribution >= 0.6 is 0 Å². The highest BCUT2D eigenvalue weighted by atomic mass is 19.4. The highest BCUT2D eigenvalue weighted by Crippen LogP contribution is 2.28. The molecule has 1 aromatic carbocycles. The highest BCUT2D eigenvalue weighted by Gasteiger charge is 2.33. The second-order valence-electron chi connectivity index (χ2n) is 7.23. The van der Waals surface area contributed by atoms with E-state index in [1.165, 1.54) is 13.0 Å². The molecule has 2 aromatic heterocycles. The van der Waals surface area contributed by atoms with Crippen LogP contribution in [0.2, 0.25) is 0 Å². The zero-order valence-corrected chi connectivity index (χ0v) is 16.6. The topological polar surface area (TPSA) is 62.2 Å². The predicted molar refractivity (Wildman–Crippen MR) is 106 cm³/mol. The number of carbonyl (C=O) groups excluding carboxylic acids is 1. The van der Waals surface area contributed by atoms with Crippen molar-refractivity contribution in [2.24, 2.45) is 0 Å². The van der Waals surface area contributed by atoms with E-state index in [0.29, 0.717) is 26.2 Å². The number of aromatic nitrogens is 3. The summed E-state index contributed by atoms with van der Waals surface area (Å²) in [5, 5.41) is 0. The molecule has 1 amide bonds. The number of para-hydroxylation sites is 2. The first-order valence-electron chi connectivity index (χ1n) is 9.56. The normalized spacial score (nSPS) is 15.0. The molecule has 1 aliphatic heterocycles. The zero-order chi connectivity index (χ0) is 21.5. The van der Waals surface area contributed by atoms with Crippen LogP contribution in [0.15, 0.2) is 36.4 Å². The molecule has 156 valence electrons. The summed E-state index contributed by atoms with van der Waals surface area (Å²) < 4.78 is 38.4. The molecule has 1 fully saturated rings. The Morgan fingerprint density at radius 1 is 0.867 bits per heavy atom. The molecule has 0 spiro atoms. The summed E-state index contributed by atoms with van der Waals surface area (Å²) in [7, 11) is 0. The van der Waals surface area contributed by atoms with Gasteiger partial charge in [-0.05, 0) is 38.1 Å². The van der Waals surface area contributed by atoms with Gasteiger partial charge in [-0.2, -0.15) is 13.2 Å². The van der Waals surface area contributed by atoms with E-state index < -0.39 is 11.9 Å². The third kappa shape index (κ3) is 3.79. The zero-order valence-electron chi connectivity index (χ0n) is 16.6. The minimum absolute atomic E-state index is 0.0773. The maximum Gasteiger partial charge on any atom is 0.433 e. The number of benzene rings is 1. The Morgan fingerprint density at radius 3 is 2.10 bits per heavy atom. The van der Waals surface area contributed by atoms with Crippen LogP contribution in [0.1, 0.15) is 27.4 Å². The first-order chi connectivity index (χ1) is 14.2. The molecule has 30 heavy (non-hydrogen) atoms. The number of aryl methyl sites for hydroxylation is 2. The summed E-state index contributed by atoms with van der Waals surface area (Å²) in [6, 6.07) is 9.71. The maximum atomic E-state index is 12.8. The molecule has 0 N–H and O–H groups in total.